The van der Waals surface area contributed by atoms with Crippen molar-refractivity contribution < 1.29 is 19.1 Å². The highest BCUT2D eigenvalue weighted by atomic mass is 16.5. The van der Waals surface area contributed by atoms with Crippen molar-refractivity contribution in [2.24, 2.45) is 0 Å². The number of esters is 1. The Labute approximate surface area is 140 Å². The third-order valence-electron chi connectivity index (χ3n) is 4.40. The molecule has 2 aromatic carbocycles. The second kappa shape index (κ2) is 6.35. The van der Waals surface area contributed by atoms with Crippen molar-refractivity contribution in [1.29, 1.82) is 0 Å². The van der Waals surface area contributed by atoms with E-state index in [0.717, 1.165) is 11.3 Å². The summed E-state index contributed by atoms with van der Waals surface area (Å²) in [5.74, 6) is -0.0653. The first kappa shape index (κ1) is 16.1. The zero-order valence-electron chi connectivity index (χ0n) is 13.6. The van der Waals surface area contributed by atoms with E-state index in [0.29, 0.717) is 12.0 Å². The molecule has 124 valence electrons. The molecule has 3 rings (SSSR count). The van der Waals surface area contributed by atoms with E-state index in [-0.39, 0.29) is 11.8 Å². The van der Waals surface area contributed by atoms with Crippen LogP contribution in [0.2, 0.25) is 0 Å². The number of nitrogens with one attached hydrogen (secondary N) is 1. The van der Waals surface area contributed by atoms with Crippen molar-refractivity contribution >= 4 is 11.9 Å². The van der Waals surface area contributed by atoms with Crippen molar-refractivity contribution in [3.63, 3.8) is 0 Å². The molecule has 1 saturated carbocycles. The standard InChI is InChI=1S/C19H19NO4/c1-23-15-10-8-13(9-11-15)16-12-19(16,18(22)24-2)20-17(21)14-6-4-3-5-7-14/h3-11,16H,12H2,1-2H3,(H,20,21)/t16-,19-/m0/s1. The normalized spacial score (nSPS) is 21.7. The Morgan fingerprint density at radius 1 is 1.04 bits per heavy atom. The van der Waals surface area contributed by atoms with Crippen molar-refractivity contribution in [2.75, 3.05) is 14.2 Å². The van der Waals surface area contributed by atoms with Gasteiger partial charge < -0.3 is 14.8 Å². The number of carbonyl (C=O) groups excluding carboxylic acids is 2. The molecule has 2 atom stereocenters. The molecule has 24 heavy (non-hydrogen) atoms. The third-order valence-corrected chi connectivity index (χ3v) is 4.40. The summed E-state index contributed by atoms with van der Waals surface area (Å²) in [5, 5.41) is 2.87. The summed E-state index contributed by atoms with van der Waals surface area (Å²) in [4.78, 5) is 24.8. The molecule has 0 bridgehead atoms. The van der Waals surface area contributed by atoms with E-state index < -0.39 is 11.5 Å². The molecule has 0 aromatic heterocycles. The van der Waals surface area contributed by atoms with Crippen LogP contribution in [0.3, 0.4) is 0 Å². The lowest BCUT2D eigenvalue weighted by atomic mass is 10.1. The average molecular weight is 325 g/mol. The van der Waals surface area contributed by atoms with Gasteiger partial charge in [-0.25, -0.2) is 4.79 Å². The van der Waals surface area contributed by atoms with Crippen molar-refractivity contribution in [3.8, 4) is 5.75 Å². The van der Waals surface area contributed by atoms with Gasteiger partial charge in [0.15, 0.2) is 0 Å². The summed E-state index contributed by atoms with van der Waals surface area (Å²) in [6, 6.07) is 16.3. The van der Waals surface area contributed by atoms with E-state index >= 15 is 0 Å². The van der Waals surface area contributed by atoms with E-state index in [4.69, 9.17) is 9.47 Å². The third kappa shape index (κ3) is 2.85. The number of amides is 1. The van der Waals surface area contributed by atoms with Crippen LogP contribution >= 0.6 is 0 Å². The number of benzene rings is 2. The van der Waals surface area contributed by atoms with Gasteiger partial charge in [0, 0.05) is 11.5 Å². The quantitative estimate of drug-likeness (QED) is 0.858. The molecule has 0 saturated heterocycles. The van der Waals surface area contributed by atoms with Gasteiger partial charge in [-0.1, -0.05) is 30.3 Å². The molecule has 1 fully saturated rings. The molecular formula is C19H19NO4. The molecule has 0 spiro atoms. The van der Waals surface area contributed by atoms with Crippen molar-refractivity contribution in [2.45, 2.75) is 17.9 Å². The number of hydrogen-bond donors (Lipinski definition) is 1. The van der Waals surface area contributed by atoms with Crippen LogP contribution in [0.1, 0.15) is 28.3 Å². The number of methoxy groups -OCH3 is 2. The van der Waals surface area contributed by atoms with Crippen LogP contribution in [-0.2, 0) is 9.53 Å². The van der Waals surface area contributed by atoms with Gasteiger partial charge in [-0.15, -0.1) is 0 Å². The smallest absolute Gasteiger partial charge is 0.332 e. The summed E-state index contributed by atoms with van der Waals surface area (Å²) in [6.45, 7) is 0. The number of hydrogen-bond acceptors (Lipinski definition) is 4. The average Bonchev–Trinajstić information content (AvgIpc) is 3.37. The van der Waals surface area contributed by atoms with Gasteiger partial charge in [-0.2, -0.15) is 0 Å². The maximum Gasteiger partial charge on any atom is 0.332 e. The van der Waals surface area contributed by atoms with Crippen molar-refractivity contribution in [3.05, 3.63) is 65.7 Å². The van der Waals surface area contributed by atoms with Crippen LogP contribution < -0.4 is 10.1 Å². The number of carbonyl (C=O) groups is 2. The molecule has 0 unspecified atom stereocenters. The highest BCUT2D eigenvalue weighted by Gasteiger charge is 2.62. The molecule has 5 heteroatoms. The Kier molecular flexibility index (Phi) is 4.25. The highest BCUT2D eigenvalue weighted by molar-refractivity contribution is 6.00. The van der Waals surface area contributed by atoms with Gasteiger partial charge in [0.25, 0.3) is 5.91 Å². The fourth-order valence-electron chi connectivity index (χ4n) is 2.96. The Hall–Kier alpha value is -2.82. The van der Waals surface area contributed by atoms with Crippen molar-refractivity contribution in [1.82, 2.24) is 5.32 Å². The topological polar surface area (TPSA) is 64.6 Å². The van der Waals surface area contributed by atoms with Gasteiger partial charge in [0.1, 0.15) is 11.3 Å². The first-order valence-corrected chi connectivity index (χ1v) is 7.70. The highest BCUT2D eigenvalue weighted by Crippen LogP contribution is 2.52. The predicted octanol–water partition coefficient (Wildman–Crippen LogP) is 2.52. The fraction of sp³-hybridized carbons (Fsp3) is 0.263. The lowest BCUT2D eigenvalue weighted by Crippen LogP contribution is -2.45. The monoisotopic (exact) mass is 325 g/mol. The van der Waals surface area contributed by atoms with E-state index in [2.05, 4.69) is 5.32 Å². The lowest BCUT2D eigenvalue weighted by Gasteiger charge is -2.17. The van der Waals surface area contributed by atoms with Crippen LogP contribution in [0.4, 0.5) is 0 Å². The molecule has 0 radical (unpaired) electrons. The molecule has 2 aromatic rings. The first-order chi connectivity index (χ1) is 11.6. The molecule has 1 N–H and O–H groups in total. The zero-order chi connectivity index (χ0) is 17.2. The summed E-state index contributed by atoms with van der Waals surface area (Å²) in [5.41, 5.74) is 0.478. The Balaban J connectivity index is 1.82. The molecule has 1 amide bonds. The minimum Gasteiger partial charge on any atom is -0.497 e. The molecule has 1 aliphatic rings. The second-order valence-corrected chi connectivity index (χ2v) is 5.81. The molecular weight excluding hydrogens is 306 g/mol. The van der Waals surface area contributed by atoms with Crippen LogP contribution in [0.5, 0.6) is 5.75 Å². The molecule has 5 nitrogen and oxygen atoms in total. The van der Waals surface area contributed by atoms with Gasteiger partial charge in [-0.3, -0.25) is 4.79 Å². The van der Waals surface area contributed by atoms with Gasteiger partial charge in [0.05, 0.1) is 14.2 Å². The summed E-state index contributed by atoms with van der Waals surface area (Å²) in [6.07, 6.45) is 0.518. The molecule has 0 heterocycles. The maximum atomic E-state index is 12.5. The summed E-state index contributed by atoms with van der Waals surface area (Å²) >= 11 is 0. The fourth-order valence-corrected chi connectivity index (χ4v) is 2.96. The maximum absolute atomic E-state index is 12.5. The molecule has 1 aliphatic carbocycles. The minimum absolute atomic E-state index is 0.108. The molecule has 0 aliphatic heterocycles. The van der Waals surface area contributed by atoms with E-state index in [1.54, 1.807) is 31.4 Å². The van der Waals surface area contributed by atoms with Crippen LogP contribution in [-0.4, -0.2) is 31.6 Å². The summed E-state index contributed by atoms with van der Waals surface area (Å²) < 4.78 is 10.1. The van der Waals surface area contributed by atoms with Gasteiger partial charge >= 0.3 is 5.97 Å². The van der Waals surface area contributed by atoms with E-state index in [1.165, 1.54) is 7.11 Å². The Morgan fingerprint density at radius 2 is 1.71 bits per heavy atom. The lowest BCUT2D eigenvalue weighted by molar-refractivity contribution is -0.144. The number of rotatable bonds is 5. The van der Waals surface area contributed by atoms with Gasteiger partial charge in [-0.05, 0) is 36.2 Å². The first-order valence-electron chi connectivity index (χ1n) is 7.70. The van der Waals surface area contributed by atoms with Gasteiger partial charge in [0.2, 0.25) is 0 Å². The Bertz CT molecular complexity index is 742. The summed E-state index contributed by atoms with van der Waals surface area (Å²) in [7, 11) is 2.94. The van der Waals surface area contributed by atoms with Crippen LogP contribution in [0.15, 0.2) is 54.6 Å². The predicted molar refractivity (Wildman–Crippen MR) is 89.0 cm³/mol. The zero-order valence-corrected chi connectivity index (χ0v) is 13.6. The number of ether oxygens (including phenoxy) is 2. The SMILES string of the molecule is COC(=O)[C@]1(NC(=O)c2ccccc2)C[C@H]1c1ccc(OC)cc1. The Morgan fingerprint density at radius 3 is 2.29 bits per heavy atom. The minimum atomic E-state index is -1.00. The van der Waals surface area contributed by atoms with Crippen LogP contribution in [0.25, 0.3) is 0 Å². The van der Waals surface area contributed by atoms with Crippen LogP contribution in [0, 0.1) is 0 Å². The van der Waals surface area contributed by atoms with E-state index in [1.807, 2.05) is 30.3 Å². The second-order valence-electron chi connectivity index (χ2n) is 5.81. The van der Waals surface area contributed by atoms with E-state index in [9.17, 15) is 9.59 Å². The largest absolute Gasteiger partial charge is 0.497 e.